The fraction of sp³-hybridized carbons (Fsp3) is 0.590. The largest absolute Gasteiger partial charge is 0.401 e. The molecule has 0 aliphatic carbocycles. The van der Waals surface area contributed by atoms with Gasteiger partial charge in [-0.3, -0.25) is 0 Å². The van der Waals surface area contributed by atoms with Crippen LogP contribution in [-0.2, 0) is 9.16 Å². The van der Waals surface area contributed by atoms with Gasteiger partial charge in [0.2, 0.25) is 0 Å². The summed E-state index contributed by atoms with van der Waals surface area (Å²) in [6.07, 6.45) is 20.4. The molecular formula is C39H63IO2PSi+. The van der Waals surface area contributed by atoms with E-state index in [0.717, 1.165) is 12.8 Å². The molecule has 0 aliphatic rings. The third-order valence-corrected chi connectivity index (χ3v) is 19.6. The van der Waals surface area contributed by atoms with E-state index in [1.807, 2.05) is 7.11 Å². The Labute approximate surface area is 287 Å². The zero-order valence-corrected chi connectivity index (χ0v) is 33.3. The lowest BCUT2D eigenvalue weighted by Crippen LogP contribution is -2.67. The average molecular weight is 750 g/mol. The molecule has 0 amide bonds. The number of allylic oxidation sites excluding steroid dienone is 1. The van der Waals surface area contributed by atoms with Crippen molar-refractivity contribution in [2.75, 3.05) is 31.8 Å². The molecule has 0 aromatic heterocycles. The zero-order valence-electron chi connectivity index (χ0n) is 29.3. The monoisotopic (exact) mass is 749 g/mol. The molecule has 0 N–H and O–H groups in total. The highest BCUT2D eigenvalue weighted by Crippen LogP contribution is 2.61. The second-order valence-corrected chi connectivity index (χ2v) is 23.1. The molecule has 0 fully saturated rings. The van der Waals surface area contributed by atoms with E-state index in [4.69, 9.17) is 9.16 Å². The van der Waals surface area contributed by atoms with E-state index in [1.54, 1.807) is 5.57 Å². The summed E-state index contributed by atoms with van der Waals surface area (Å²) in [5.74, 6) is 0. The van der Waals surface area contributed by atoms with Gasteiger partial charge < -0.3 is 9.16 Å². The van der Waals surface area contributed by atoms with Gasteiger partial charge in [0.1, 0.15) is 0 Å². The minimum Gasteiger partial charge on any atom is -0.401 e. The van der Waals surface area contributed by atoms with Gasteiger partial charge in [0, 0.05) is 20.8 Å². The Morgan fingerprint density at radius 1 is 0.841 bits per heavy atom. The molecule has 0 aliphatic heterocycles. The fourth-order valence-electron chi connectivity index (χ4n) is 6.69. The van der Waals surface area contributed by atoms with Gasteiger partial charge >= 0.3 is 0 Å². The standard InChI is InChI=1S/C39H63IO2PSi/c1-9-12-29-43(30-13-10-2,31-14-11-3)33-34(4)25-26-35(41-8)32-36(27-28-40)42-44(39(5,6)7,37-21-17-15-18-22-37)38-23-19-16-20-24-38/h15-25,27-28,35-36H,9-14,26,29-33H2,1-8H3/q+1/b28-27-,34-25-/t35-,36+/m0/s1. The van der Waals surface area contributed by atoms with Crippen LogP contribution in [0.2, 0.25) is 5.04 Å². The highest BCUT2D eigenvalue weighted by Gasteiger charge is 2.51. The fourth-order valence-corrected chi connectivity index (χ4v) is 17.1. The van der Waals surface area contributed by atoms with E-state index in [1.165, 1.54) is 73.5 Å². The first-order chi connectivity index (χ1) is 21.1. The Kier molecular flexibility index (Phi) is 18.3. The first-order valence-corrected chi connectivity index (χ1v) is 22.9. The van der Waals surface area contributed by atoms with Gasteiger partial charge in [0.05, 0.1) is 36.9 Å². The van der Waals surface area contributed by atoms with Crippen molar-refractivity contribution in [1.82, 2.24) is 0 Å². The molecule has 0 bridgehead atoms. The lowest BCUT2D eigenvalue weighted by molar-refractivity contribution is 0.0660. The molecule has 0 radical (unpaired) electrons. The molecular weight excluding hydrogens is 686 g/mol. The van der Waals surface area contributed by atoms with Crippen molar-refractivity contribution >= 4 is 48.5 Å². The molecule has 246 valence electrons. The van der Waals surface area contributed by atoms with Crippen LogP contribution in [0.5, 0.6) is 0 Å². The minimum atomic E-state index is -2.67. The van der Waals surface area contributed by atoms with Crippen molar-refractivity contribution in [3.63, 3.8) is 0 Å². The van der Waals surface area contributed by atoms with Crippen LogP contribution in [0.1, 0.15) is 99.8 Å². The molecule has 2 atom stereocenters. The van der Waals surface area contributed by atoms with Crippen LogP contribution in [0.4, 0.5) is 0 Å². The van der Waals surface area contributed by atoms with Gasteiger partial charge in [0.25, 0.3) is 8.32 Å². The van der Waals surface area contributed by atoms with Gasteiger partial charge in [-0.15, -0.1) is 0 Å². The van der Waals surface area contributed by atoms with Crippen LogP contribution in [-0.4, -0.2) is 52.3 Å². The summed E-state index contributed by atoms with van der Waals surface area (Å²) in [5, 5.41) is 2.58. The normalized spacial score (nSPS) is 14.7. The molecule has 0 saturated heterocycles. The number of rotatable bonds is 21. The third-order valence-electron chi connectivity index (χ3n) is 9.13. The summed E-state index contributed by atoms with van der Waals surface area (Å²) in [6.45, 7) is 16.5. The Morgan fingerprint density at radius 2 is 1.32 bits per heavy atom. The molecule has 2 rings (SSSR count). The Bertz CT molecular complexity index is 1030. The maximum atomic E-state index is 7.52. The second-order valence-electron chi connectivity index (χ2n) is 13.7. The lowest BCUT2D eigenvalue weighted by Gasteiger charge is -2.45. The summed E-state index contributed by atoms with van der Waals surface area (Å²) < 4.78 is 15.8. The van der Waals surface area contributed by atoms with Gasteiger partial charge in [0.15, 0.2) is 0 Å². The van der Waals surface area contributed by atoms with Gasteiger partial charge in [-0.1, -0.05) is 156 Å². The van der Waals surface area contributed by atoms with Gasteiger partial charge in [-0.05, 0) is 57.7 Å². The average Bonchev–Trinajstić information content (AvgIpc) is 3.02. The Balaban J connectivity index is 2.36. The van der Waals surface area contributed by atoms with E-state index >= 15 is 0 Å². The highest BCUT2D eigenvalue weighted by molar-refractivity contribution is 14.1. The molecule has 0 unspecified atom stereocenters. The van der Waals surface area contributed by atoms with Crippen molar-refractivity contribution in [1.29, 1.82) is 0 Å². The van der Waals surface area contributed by atoms with Gasteiger partial charge in [-0.25, -0.2) is 0 Å². The first-order valence-electron chi connectivity index (χ1n) is 17.2. The summed E-state index contributed by atoms with van der Waals surface area (Å²) in [5.41, 5.74) is 1.58. The number of benzene rings is 2. The topological polar surface area (TPSA) is 18.5 Å². The van der Waals surface area contributed by atoms with Crippen LogP contribution in [0.3, 0.4) is 0 Å². The molecule has 0 saturated carbocycles. The smallest absolute Gasteiger partial charge is 0.261 e. The summed E-state index contributed by atoms with van der Waals surface area (Å²) in [4.78, 5) is 0. The van der Waals surface area contributed by atoms with E-state index in [9.17, 15) is 0 Å². The molecule has 44 heavy (non-hydrogen) atoms. The van der Waals surface area contributed by atoms with Crippen molar-refractivity contribution in [3.8, 4) is 0 Å². The van der Waals surface area contributed by atoms with Crippen LogP contribution < -0.4 is 10.4 Å². The minimum absolute atomic E-state index is 0.0397. The van der Waals surface area contributed by atoms with Crippen LogP contribution >= 0.6 is 29.9 Å². The molecule has 0 heterocycles. The van der Waals surface area contributed by atoms with Crippen LogP contribution in [0.25, 0.3) is 0 Å². The number of halogens is 1. The molecule has 5 heteroatoms. The maximum absolute atomic E-state index is 7.52. The highest BCUT2D eigenvalue weighted by atomic mass is 127. The molecule has 2 nitrogen and oxygen atoms in total. The predicted molar refractivity (Wildman–Crippen MR) is 211 cm³/mol. The lowest BCUT2D eigenvalue weighted by atomic mass is 10.1. The first kappa shape index (κ1) is 39.4. The number of unbranched alkanes of at least 4 members (excludes halogenated alkanes) is 3. The molecule has 2 aromatic carbocycles. The third kappa shape index (κ3) is 11.8. The second kappa shape index (κ2) is 20.5. The summed E-state index contributed by atoms with van der Waals surface area (Å²) in [6, 6.07) is 22.0. The Morgan fingerprint density at radius 3 is 1.70 bits per heavy atom. The van der Waals surface area contributed by atoms with E-state index in [-0.39, 0.29) is 17.2 Å². The van der Waals surface area contributed by atoms with Crippen molar-refractivity contribution in [2.45, 2.75) is 117 Å². The number of ether oxygens (including phenoxy) is 1. The van der Waals surface area contributed by atoms with E-state index in [0.29, 0.717) is 0 Å². The van der Waals surface area contributed by atoms with Crippen molar-refractivity contribution in [2.24, 2.45) is 0 Å². The summed E-state index contributed by atoms with van der Waals surface area (Å²) >= 11 is 2.35. The number of hydrogen-bond donors (Lipinski definition) is 0. The maximum Gasteiger partial charge on any atom is 0.261 e. The molecule has 2 aromatic rings. The van der Waals surface area contributed by atoms with E-state index < -0.39 is 15.6 Å². The molecule has 0 spiro atoms. The predicted octanol–water partition coefficient (Wildman–Crippen LogP) is 11.0. The SMILES string of the molecule is CCCC[P+](CCCC)(CCCC)C/C(C)=C\C[C@@H](C[C@@H](/C=C\I)O[Si](c1ccccc1)(c1ccccc1)C(C)(C)C)OC. The van der Waals surface area contributed by atoms with Crippen LogP contribution in [0, 0.1) is 0 Å². The van der Waals surface area contributed by atoms with Crippen molar-refractivity contribution in [3.05, 3.63) is 82.5 Å². The van der Waals surface area contributed by atoms with Crippen molar-refractivity contribution < 1.29 is 9.16 Å². The number of hydrogen-bond acceptors (Lipinski definition) is 2. The zero-order chi connectivity index (χ0) is 32.5. The summed E-state index contributed by atoms with van der Waals surface area (Å²) in [7, 11) is -1.75. The van der Waals surface area contributed by atoms with E-state index in [2.05, 4.69) is 148 Å². The van der Waals surface area contributed by atoms with Crippen LogP contribution in [0.15, 0.2) is 82.5 Å². The number of methoxy groups -OCH3 is 1. The quantitative estimate of drug-likeness (QED) is 0.0548. The van der Waals surface area contributed by atoms with Gasteiger partial charge in [-0.2, -0.15) is 0 Å². The Hall–Kier alpha value is -0.783.